The van der Waals surface area contributed by atoms with Gasteiger partial charge in [-0.3, -0.25) is 14.9 Å². The number of hydrogen-bond donors (Lipinski definition) is 1. The summed E-state index contributed by atoms with van der Waals surface area (Å²) in [6, 6.07) is 16.9. The summed E-state index contributed by atoms with van der Waals surface area (Å²) in [6.45, 7) is 2.06. The highest BCUT2D eigenvalue weighted by Gasteiger charge is 2.22. The third-order valence-electron chi connectivity index (χ3n) is 4.74. The smallest absolute Gasteiger partial charge is 0.311 e. The molecule has 0 saturated heterocycles. The summed E-state index contributed by atoms with van der Waals surface area (Å²) < 4.78 is 12.1. The lowest BCUT2D eigenvalue weighted by Crippen LogP contribution is -2.13. The SMILES string of the molecule is CCOC(=O)Cc1csc(NC(=O)c2cn(-c3ccccc3)nc2-c2ccccc2OC)n1. The van der Waals surface area contributed by atoms with Gasteiger partial charge in [-0.2, -0.15) is 5.10 Å². The summed E-state index contributed by atoms with van der Waals surface area (Å²) in [5.41, 5.74) is 2.90. The maximum atomic E-state index is 13.3. The monoisotopic (exact) mass is 462 g/mol. The molecule has 0 aliphatic carbocycles. The number of nitrogens with zero attached hydrogens (tertiary/aromatic N) is 3. The Morgan fingerprint density at radius 3 is 2.61 bits per heavy atom. The lowest BCUT2D eigenvalue weighted by Gasteiger charge is -2.07. The van der Waals surface area contributed by atoms with Crippen LogP contribution in [-0.4, -0.2) is 40.4 Å². The first-order valence-corrected chi connectivity index (χ1v) is 11.2. The molecule has 4 rings (SSSR count). The second-order valence-corrected chi connectivity index (χ2v) is 7.81. The number of nitrogens with one attached hydrogen (secondary N) is 1. The third-order valence-corrected chi connectivity index (χ3v) is 5.55. The minimum absolute atomic E-state index is 0.0542. The van der Waals surface area contributed by atoms with Gasteiger partial charge in [0.2, 0.25) is 0 Å². The van der Waals surface area contributed by atoms with Gasteiger partial charge in [0.1, 0.15) is 11.4 Å². The zero-order valence-corrected chi connectivity index (χ0v) is 19.0. The van der Waals surface area contributed by atoms with Gasteiger partial charge in [0.15, 0.2) is 5.13 Å². The highest BCUT2D eigenvalue weighted by Crippen LogP contribution is 2.32. The van der Waals surface area contributed by atoms with Crippen molar-refractivity contribution in [1.29, 1.82) is 0 Å². The number of hydrogen-bond acceptors (Lipinski definition) is 7. The first-order valence-electron chi connectivity index (χ1n) is 10.3. The molecule has 0 radical (unpaired) electrons. The van der Waals surface area contributed by atoms with Gasteiger partial charge in [0, 0.05) is 17.1 Å². The van der Waals surface area contributed by atoms with Crippen molar-refractivity contribution in [2.75, 3.05) is 19.0 Å². The van der Waals surface area contributed by atoms with Gasteiger partial charge in [-0.25, -0.2) is 9.67 Å². The Balaban J connectivity index is 1.66. The summed E-state index contributed by atoms with van der Waals surface area (Å²) in [5.74, 6) is -0.116. The molecule has 2 aromatic carbocycles. The lowest BCUT2D eigenvalue weighted by molar-refractivity contribution is -0.142. The van der Waals surface area contributed by atoms with Crippen LogP contribution >= 0.6 is 11.3 Å². The summed E-state index contributed by atoms with van der Waals surface area (Å²) >= 11 is 1.24. The number of carbonyl (C=O) groups excluding carboxylic acids is 2. The molecule has 1 amide bonds. The molecular formula is C24H22N4O4S. The molecule has 0 unspecified atom stereocenters. The topological polar surface area (TPSA) is 95.3 Å². The van der Waals surface area contributed by atoms with E-state index < -0.39 is 0 Å². The van der Waals surface area contributed by atoms with E-state index in [1.165, 1.54) is 11.3 Å². The number of carbonyl (C=O) groups is 2. The Kier molecular flexibility index (Phi) is 6.80. The van der Waals surface area contributed by atoms with Crippen LogP contribution in [0, 0.1) is 0 Å². The maximum absolute atomic E-state index is 13.3. The number of benzene rings is 2. The van der Waals surface area contributed by atoms with E-state index in [-0.39, 0.29) is 18.3 Å². The van der Waals surface area contributed by atoms with E-state index in [2.05, 4.69) is 15.4 Å². The number of para-hydroxylation sites is 2. The van der Waals surface area contributed by atoms with Crippen molar-refractivity contribution >= 4 is 28.3 Å². The summed E-state index contributed by atoms with van der Waals surface area (Å²) in [4.78, 5) is 29.3. The van der Waals surface area contributed by atoms with Gasteiger partial charge >= 0.3 is 5.97 Å². The predicted molar refractivity (Wildman–Crippen MR) is 126 cm³/mol. The molecule has 0 bridgehead atoms. The van der Waals surface area contributed by atoms with Gasteiger partial charge < -0.3 is 9.47 Å². The van der Waals surface area contributed by atoms with Crippen LogP contribution in [0.5, 0.6) is 5.75 Å². The molecule has 0 atom stereocenters. The number of methoxy groups -OCH3 is 1. The Bertz CT molecular complexity index is 1270. The molecule has 33 heavy (non-hydrogen) atoms. The molecule has 9 heteroatoms. The van der Waals surface area contributed by atoms with Crippen molar-refractivity contribution < 1.29 is 19.1 Å². The molecular weight excluding hydrogens is 440 g/mol. The molecule has 2 aromatic heterocycles. The van der Waals surface area contributed by atoms with Gasteiger partial charge in [-0.15, -0.1) is 11.3 Å². The average molecular weight is 463 g/mol. The fourth-order valence-electron chi connectivity index (χ4n) is 3.26. The maximum Gasteiger partial charge on any atom is 0.311 e. The van der Waals surface area contributed by atoms with Crippen LogP contribution < -0.4 is 10.1 Å². The molecule has 2 heterocycles. The second-order valence-electron chi connectivity index (χ2n) is 6.95. The van der Waals surface area contributed by atoms with Crippen LogP contribution in [0.2, 0.25) is 0 Å². The molecule has 0 saturated carbocycles. The molecule has 0 fully saturated rings. The standard InChI is InChI=1S/C24H22N4O4S/c1-3-32-21(29)13-16-15-33-24(25-16)26-23(30)19-14-28(17-9-5-4-6-10-17)27-22(19)18-11-7-8-12-20(18)31-2/h4-12,14-15H,3,13H2,1-2H3,(H,25,26,30). The first-order chi connectivity index (χ1) is 16.1. The highest BCUT2D eigenvalue weighted by molar-refractivity contribution is 7.14. The van der Waals surface area contributed by atoms with E-state index in [0.717, 1.165) is 5.69 Å². The summed E-state index contributed by atoms with van der Waals surface area (Å²) in [7, 11) is 1.58. The van der Waals surface area contributed by atoms with Crippen LogP contribution in [0.1, 0.15) is 23.0 Å². The van der Waals surface area contributed by atoms with Crippen LogP contribution in [0.3, 0.4) is 0 Å². The van der Waals surface area contributed by atoms with Crippen LogP contribution in [0.4, 0.5) is 5.13 Å². The van der Waals surface area contributed by atoms with Gasteiger partial charge in [0.05, 0.1) is 37.1 Å². The number of anilines is 1. The van der Waals surface area contributed by atoms with Gasteiger partial charge in [0.25, 0.3) is 5.91 Å². The summed E-state index contributed by atoms with van der Waals surface area (Å²) in [6.07, 6.45) is 1.73. The van der Waals surface area contributed by atoms with Crippen molar-refractivity contribution in [3.63, 3.8) is 0 Å². The van der Waals surface area contributed by atoms with Gasteiger partial charge in [-0.1, -0.05) is 30.3 Å². The fourth-order valence-corrected chi connectivity index (χ4v) is 3.97. The van der Waals surface area contributed by atoms with Crippen molar-refractivity contribution in [2.24, 2.45) is 0 Å². The normalized spacial score (nSPS) is 10.6. The van der Waals surface area contributed by atoms with Crippen LogP contribution in [0.25, 0.3) is 16.9 Å². The van der Waals surface area contributed by atoms with E-state index in [4.69, 9.17) is 9.47 Å². The molecule has 168 valence electrons. The van der Waals surface area contributed by atoms with Crippen molar-refractivity contribution in [1.82, 2.24) is 14.8 Å². The highest BCUT2D eigenvalue weighted by atomic mass is 32.1. The number of rotatable bonds is 8. The second kappa shape index (κ2) is 10.1. The number of ether oxygens (including phenoxy) is 2. The minimum Gasteiger partial charge on any atom is -0.496 e. The minimum atomic E-state index is -0.366. The molecule has 1 N–H and O–H groups in total. The van der Waals surface area contributed by atoms with E-state index in [1.54, 1.807) is 30.3 Å². The van der Waals surface area contributed by atoms with Crippen molar-refractivity contribution in [2.45, 2.75) is 13.3 Å². The van der Waals surface area contributed by atoms with E-state index in [0.29, 0.717) is 40.0 Å². The molecule has 0 aliphatic rings. The zero-order chi connectivity index (χ0) is 23.2. The number of esters is 1. The van der Waals surface area contributed by atoms with Gasteiger partial charge in [-0.05, 0) is 31.2 Å². The average Bonchev–Trinajstić information content (AvgIpc) is 3.47. The zero-order valence-electron chi connectivity index (χ0n) is 18.1. The van der Waals surface area contributed by atoms with Crippen molar-refractivity contribution in [3.05, 3.63) is 77.4 Å². The quantitative estimate of drug-likeness (QED) is 0.391. The lowest BCUT2D eigenvalue weighted by atomic mass is 10.1. The molecule has 8 nitrogen and oxygen atoms in total. The van der Waals surface area contributed by atoms with E-state index in [1.807, 2.05) is 54.6 Å². The number of amides is 1. The Hall–Kier alpha value is -3.98. The van der Waals surface area contributed by atoms with Crippen molar-refractivity contribution in [3.8, 4) is 22.7 Å². The Morgan fingerprint density at radius 2 is 1.85 bits per heavy atom. The Labute approximate surface area is 194 Å². The predicted octanol–water partition coefficient (Wildman–Crippen LogP) is 4.36. The largest absolute Gasteiger partial charge is 0.496 e. The molecule has 0 spiro atoms. The third kappa shape index (κ3) is 5.09. The van der Waals surface area contributed by atoms with Crippen LogP contribution in [-0.2, 0) is 16.0 Å². The molecule has 4 aromatic rings. The van der Waals surface area contributed by atoms with Crippen LogP contribution in [0.15, 0.2) is 66.2 Å². The molecule has 0 aliphatic heterocycles. The Morgan fingerprint density at radius 1 is 1.09 bits per heavy atom. The summed E-state index contributed by atoms with van der Waals surface area (Å²) in [5, 5.41) is 9.61. The van der Waals surface area contributed by atoms with E-state index >= 15 is 0 Å². The van der Waals surface area contributed by atoms with E-state index in [9.17, 15) is 9.59 Å². The fraction of sp³-hybridized carbons (Fsp3) is 0.167. The number of aromatic nitrogens is 3. The first kappa shape index (κ1) is 22.2. The number of thiazole rings is 1.